The van der Waals surface area contributed by atoms with E-state index in [0.29, 0.717) is 30.2 Å². The molecule has 0 aliphatic heterocycles. The minimum absolute atomic E-state index is 0.0973. The quantitative estimate of drug-likeness (QED) is 0.716. The van der Waals surface area contributed by atoms with Crippen molar-refractivity contribution in [2.45, 2.75) is 32.3 Å². The van der Waals surface area contributed by atoms with Gasteiger partial charge in [-0.3, -0.25) is 9.59 Å². The van der Waals surface area contributed by atoms with Gasteiger partial charge in [0.15, 0.2) is 6.10 Å². The Kier molecular flexibility index (Phi) is 7.32. The first kappa shape index (κ1) is 17.6. The Morgan fingerprint density at radius 1 is 1.33 bits per heavy atom. The predicted octanol–water partition coefficient (Wildman–Crippen LogP) is 3.13. The number of halogens is 2. The lowest BCUT2D eigenvalue weighted by Crippen LogP contribution is -2.36. The number of carbonyl (C=O) groups is 2. The highest BCUT2D eigenvalue weighted by molar-refractivity contribution is 6.42. The third-order valence-electron chi connectivity index (χ3n) is 2.71. The van der Waals surface area contributed by atoms with Gasteiger partial charge in [-0.25, -0.2) is 0 Å². The molecule has 2 N–H and O–H groups in total. The van der Waals surface area contributed by atoms with E-state index < -0.39 is 12.1 Å². The van der Waals surface area contributed by atoms with Gasteiger partial charge < -0.3 is 15.2 Å². The average molecular weight is 334 g/mol. The molecule has 0 saturated heterocycles. The summed E-state index contributed by atoms with van der Waals surface area (Å²) >= 11 is 11.8. The molecule has 0 saturated carbocycles. The van der Waals surface area contributed by atoms with Crippen LogP contribution in [0.4, 0.5) is 0 Å². The Morgan fingerprint density at radius 2 is 2.05 bits per heavy atom. The Bertz CT molecular complexity index is 508. The number of hydrogen-bond acceptors (Lipinski definition) is 3. The number of amides is 1. The number of carboxylic acid groups (broad SMARTS) is 1. The molecule has 1 amide bonds. The van der Waals surface area contributed by atoms with E-state index in [1.165, 1.54) is 0 Å². The molecule has 0 fully saturated rings. The number of nitrogens with one attached hydrogen (secondary N) is 1. The Labute approximate surface area is 133 Å². The summed E-state index contributed by atoms with van der Waals surface area (Å²) in [6, 6.07) is 4.94. The predicted molar refractivity (Wildman–Crippen MR) is 81.0 cm³/mol. The second-order valence-corrected chi connectivity index (χ2v) is 5.24. The van der Waals surface area contributed by atoms with Crippen LogP contribution in [-0.2, 0) is 9.59 Å². The summed E-state index contributed by atoms with van der Waals surface area (Å²) in [5.41, 5.74) is 0. The fourth-order valence-corrected chi connectivity index (χ4v) is 1.91. The maximum atomic E-state index is 11.8. The number of benzene rings is 1. The van der Waals surface area contributed by atoms with Crippen LogP contribution < -0.4 is 10.1 Å². The molecule has 0 spiro atoms. The molecule has 1 aromatic carbocycles. The van der Waals surface area contributed by atoms with Crippen molar-refractivity contribution in [2.75, 3.05) is 6.54 Å². The summed E-state index contributed by atoms with van der Waals surface area (Å²) in [5, 5.41) is 11.8. The van der Waals surface area contributed by atoms with Crippen molar-refractivity contribution in [1.82, 2.24) is 5.32 Å². The normalized spacial score (nSPS) is 11.8. The number of carboxylic acids is 1. The highest BCUT2D eigenvalue weighted by Gasteiger charge is 2.16. The van der Waals surface area contributed by atoms with E-state index in [1.807, 2.05) is 0 Å². The first-order chi connectivity index (χ1) is 9.91. The number of carbonyl (C=O) groups excluding carboxylic acids is 1. The summed E-state index contributed by atoms with van der Waals surface area (Å²) in [4.78, 5) is 22.1. The zero-order chi connectivity index (χ0) is 15.8. The molecule has 0 heterocycles. The Morgan fingerprint density at radius 3 is 2.71 bits per heavy atom. The van der Waals surface area contributed by atoms with Crippen molar-refractivity contribution in [1.29, 1.82) is 0 Å². The van der Waals surface area contributed by atoms with Gasteiger partial charge in [0.2, 0.25) is 0 Å². The molecule has 0 bridgehead atoms. The second kappa shape index (κ2) is 8.74. The minimum atomic E-state index is -0.839. The van der Waals surface area contributed by atoms with Gasteiger partial charge in [-0.15, -0.1) is 0 Å². The van der Waals surface area contributed by atoms with Gasteiger partial charge in [0.05, 0.1) is 5.02 Å². The standard InChI is InChI=1S/C14H17Cl2NO4/c1-9(14(20)17-8-3-2-7-12(18)19)21-11-6-4-5-10(15)13(11)16/h4-6,9H,2-3,7-8H2,1H3,(H,17,20)(H,18,19). The first-order valence-corrected chi connectivity index (χ1v) is 7.27. The monoisotopic (exact) mass is 333 g/mol. The molecule has 1 aromatic rings. The van der Waals surface area contributed by atoms with Gasteiger partial charge in [-0.2, -0.15) is 0 Å². The molecular weight excluding hydrogens is 317 g/mol. The van der Waals surface area contributed by atoms with E-state index in [-0.39, 0.29) is 17.4 Å². The fraction of sp³-hybridized carbons (Fsp3) is 0.429. The van der Waals surface area contributed by atoms with Crippen LogP contribution in [0.15, 0.2) is 18.2 Å². The van der Waals surface area contributed by atoms with E-state index in [1.54, 1.807) is 25.1 Å². The van der Waals surface area contributed by atoms with E-state index in [4.69, 9.17) is 33.0 Å². The van der Waals surface area contributed by atoms with E-state index in [2.05, 4.69) is 5.32 Å². The Hall–Kier alpha value is -1.46. The topological polar surface area (TPSA) is 75.6 Å². The van der Waals surface area contributed by atoms with Crippen LogP contribution in [0, 0.1) is 0 Å². The highest BCUT2D eigenvalue weighted by Crippen LogP contribution is 2.32. The maximum absolute atomic E-state index is 11.8. The molecule has 116 valence electrons. The molecule has 7 heteroatoms. The van der Waals surface area contributed by atoms with E-state index in [0.717, 1.165) is 0 Å². The largest absolute Gasteiger partial charge is 0.481 e. The van der Waals surface area contributed by atoms with Crippen molar-refractivity contribution in [3.8, 4) is 5.75 Å². The number of hydrogen-bond donors (Lipinski definition) is 2. The summed E-state index contributed by atoms with van der Waals surface area (Å²) in [5.74, 6) is -0.785. The number of unbranched alkanes of at least 4 members (excludes halogenated alkanes) is 1. The lowest BCUT2D eigenvalue weighted by Gasteiger charge is -2.16. The third-order valence-corrected chi connectivity index (χ3v) is 3.51. The van der Waals surface area contributed by atoms with Crippen molar-refractivity contribution >= 4 is 35.1 Å². The summed E-state index contributed by atoms with van der Waals surface area (Å²) in [6.45, 7) is 2.01. The third kappa shape index (κ3) is 6.23. The second-order valence-electron chi connectivity index (χ2n) is 4.45. The van der Waals surface area contributed by atoms with Gasteiger partial charge in [-0.1, -0.05) is 29.3 Å². The highest BCUT2D eigenvalue weighted by atomic mass is 35.5. The summed E-state index contributed by atoms with van der Waals surface area (Å²) in [7, 11) is 0. The molecule has 0 aliphatic carbocycles. The number of ether oxygens (including phenoxy) is 1. The fourth-order valence-electron chi connectivity index (χ4n) is 1.58. The SMILES string of the molecule is CC(Oc1cccc(Cl)c1Cl)C(=O)NCCCCC(=O)O. The smallest absolute Gasteiger partial charge is 0.303 e. The van der Waals surface area contributed by atoms with Crippen LogP contribution in [-0.4, -0.2) is 29.6 Å². The first-order valence-electron chi connectivity index (χ1n) is 6.52. The zero-order valence-electron chi connectivity index (χ0n) is 11.6. The lowest BCUT2D eigenvalue weighted by molar-refractivity contribution is -0.137. The van der Waals surface area contributed by atoms with Gasteiger partial charge in [-0.05, 0) is 31.9 Å². The van der Waals surface area contributed by atoms with Gasteiger partial charge in [0.25, 0.3) is 5.91 Å². The van der Waals surface area contributed by atoms with Gasteiger partial charge >= 0.3 is 5.97 Å². The number of rotatable bonds is 8. The molecule has 0 radical (unpaired) electrons. The molecule has 0 aliphatic rings. The molecule has 1 atom stereocenters. The molecule has 1 unspecified atom stereocenters. The maximum Gasteiger partial charge on any atom is 0.303 e. The molecule has 0 aromatic heterocycles. The average Bonchev–Trinajstić information content (AvgIpc) is 2.42. The molecule has 21 heavy (non-hydrogen) atoms. The molecule has 1 rings (SSSR count). The minimum Gasteiger partial charge on any atom is -0.481 e. The van der Waals surface area contributed by atoms with Crippen molar-refractivity contribution in [3.05, 3.63) is 28.2 Å². The Balaban J connectivity index is 2.37. The van der Waals surface area contributed by atoms with Crippen LogP contribution >= 0.6 is 23.2 Å². The van der Waals surface area contributed by atoms with Crippen LogP contribution in [0.3, 0.4) is 0 Å². The van der Waals surface area contributed by atoms with Crippen LogP contribution in [0.25, 0.3) is 0 Å². The van der Waals surface area contributed by atoms with Gasteiger partial charge in [0, 0.05) is 13.0 Å². The zero-order valence-corrected chi connectivity index (χ0v) is 13.1. The van der Waals surface area contributed by atoms with Crippen LogP contribution in [0.1, 0.15) is 26.2 Å². The number of aliphatic carboxylic acids is 1. The van der Waals surface area contributed by atoms with Crippen molar-refractivity contribution < 1.29 is 19.4 Å². The van der Waals surface area contributed by atoms with Gasteiger partial charge in [0.1, 0.15) is 10.8 Å². The van der Waals surface area contributed by atoms with Crippen LogP contribution in [0.2, 0.25) is 10.0 Å². The van der Waals surface area contributed by atoms with Crippen molar-refractivity contribution in [2.24, 2.45) is 0 Å². The van der Waals surface area contributed by atoms with E-state index in [9.17, 15) is 9.59 Å². The van der Waals surface area contributed by atoms with Crippen molar-refractivity contribution in [3.63, 3.8) is 0 Å². The molecular formula is C14H17Cl2NO4. The molecule has 5 nitrogen and oxygen atoms in total. The van der Waals surface area contributed by atoms with Crippen LogP contribution in [0.5, 0.6) is 5.75 Å². The lowest BCUT2D eigenvalue weighted by atomic mass is 10.2. The van der Waals surface area contributed by atoms with E-state index >= 15 is 0 Å². The summed E-state index contributed by atoms with van der Waals surface area (Å²) < 4.78 is 5.46. The summed E-state index contributed by atoms with van der Waals surface area (Å²) in [6.07, 6.45) is 0.494.